The van der Waals surface area contributed by atoms with Crippen molar-refractivity contribution in [2.75, 3.05) is 13.1 Å². The largest absolute Gasteiger partial charge is 0.436 e. The molecule has 11 nitrogen and oxygen atoms in total. The zero-order valence-corrected chi connectivity index (χ0v) is 23.4. The third-order valence-electron chi connectivity index (χ3n) is 7.99. The molecule has 3 aromatic heterocycles. The molecule has 2 atom stereocenters. The lowest BCUT2D eigenvalue weighted by Crippen LogP contribution is -2.41. The summed E-state index contributed by atoms with van der Waals surface area (Å²) in [6.45, 7) is 3.17. The van der Waals surface area contributed by atoms with E-state index in [2.05, 4.69) is 37.6 Å². The third-order valence-corrected chi connectivity index (χ3v) is 7.99. The molecule has 2 aliphatic rings. The number of piperidine rings is 1. The molecule has 5 heterocycles. The van der Waals surface area contributed by atoms with Crippen molar-refractivity contribution in [3.63, 3.8) is 0 Å². The Kier molecular flexibility index (Phi) is 6.61. The number of imidazole rings is 1. The van der Waals surface area contributed by atoms with Gasteiger partial charge in [0.15, 0.2) is 16.8 Å². The number of fused-ring (bicyclic) bond motifs is 1. The highest BCUT2D eigenvalue weighted by atomic mass is 16.3. The second-order valence-corrected chi connectivity index (χ2v) is 10.8. The smallest absolute Gasteiger partial charge is 0.292 e. The molecule has 11 heteroatoms. The summed E-state index contributed by atoms with van der Waals surface area (Å²) in [7, 11) is 1.95. The van der Waals surface area contributed by atoms with Crippen LogP contribution in [0, 0.1) is 5.92 Å². The van der Waals surface area contributed by atoms with E-state index in [0.29, 0.717) is 35.8 Å². The van der Waals surface area contributed by atoms with Gasteiger partial charge >= 0.3 is 0 Å². The third kappa shape index (κ3) is 4.87. The van der Waals surface area contributed by atoms with Crippen molar-refractivity contribution in [2.24, 2.45) is 28.4 Å². The average Bonchev–Trinajstić information content (AvgIpc) is 3.77. The van der Waals surface area contributed by atoms with Crippen molar-refractivity contribution in [1.82, 2.24) is 24.4 Å². The van der Waals surface area contributed by atoms with Crippen LogP contribution in [-0.4, -0.2) is 54.4 Å². The summed E-state index contributed by atoms with van der Waals surface area (Å²) in [5.74, 6) is 0.630. The van der Waals surface area contributed by atoms with Crippen molar-refractivity contribution in [3.05, 3.63) is 90.6 Å². The van der Waals surface area contributed by atoms with E-state index in [1.807, 2.05) is 72.1 Å². The molecule has 2 aliphatic heterocycles. The average molecular weight is 561 g/mol. The van der Waals surface area contributed by atoms with Crippen molar-refractivity contribution >= 4 is 17.0 Å². The summed E-state index contributed by atoms with van der Waals surface area (Å²) in [5.41, 5.74) is 5.64. The molecule has 7 rings (SSSR count). The Labute approximate surface area is 242 Å². The molecular formula is C31H30N9O2+. The van der Waals surface area contributed by atoms with Crippen molar-refractivity contribution in [2.45, 2.75) is 32.0 Å². The van der Waals surface area contributed by atoms with Crippen LogP contribution in [0.3, 0.4) is 0 Å². The fraction of sp³-hybridized carbons (Fsp3) is 0.290. The van der Waals surface area contributed by atoms with E-state index < -0.39 is 0 Å². The molecule has 42 heavy (non-hydrogen) atoms. The molecule has 1 saturated heterocycles. The van der Waals surface area contributed by atoms with Crippen LogP contribution in [0.5, 0.6) is 0 Å². The van der Waals surface area contributed by atoms with Crippen LogP contribution < -0.4 is 0 Å². The second-order valence-electron chi connectivity index (χ2n) is 10.8. The predicted molar refractivity (Wildman–Crippen MR) is 154 cm³/mol. The fourth-order valence-electron chi connectivity index (χ4n) is 5.82. The number of oxazole rings is 1. The van der Waals surface area contributed by atoms with E-state index in [4.69, 9.17) is 9.40 Å². The van der Waals surface area contributed by atoms with Crippen LogP contribution in [0.2, 0.25) is 0 Å². The minimum Gasteiger partial charge on any atom is -0.436 e. The van der Waals surface area contributed by atoms with Gasteiger partial charge < -0.3 is 13.9 Å². The monoisotopic (exact) mass is 560 g/mol. The number of pyridine rings is 1. The molecule has 1 fully saturated rings. The Bertz CT molecular complexity index is 1820. The summed E-state index contributed by atoms with van der Waals surface area (Å²) in [6.07, 6.45) is 6.69. The Balaban J connectivity index is 1.08. The summed E-state index contributed by atoms with van der Waals surface area (Å²) < 4.78 is 8.02. The minimum atomic E-state index is -0.180. The number of carbonyl (C=O) groups is 1. The van der Waals surface area contributed by atoms with Crippen LogP contribution >= 0.6 is 0 Å². The number of azo groups is 1. The molecule has 210 valence electrons. The van der Waals surface area contributed by atoms with E-state index in [9.17, 15) is 4.79 Å². The maximum Gasteiger partial charge on any atom is 0.292 e. The summed E-state index contributed by atoms with van der Waals surface area (Å²) in [5, 5.41) is 13.1. The van der Waals surface area contributed by atoms with Gasteiger partial charge in [0.1, 0.15) is 11.2 Å². The number of amides is 1. The minimum absolute atomic E-state index is 0.0174. The van der Waals surface area contributed by atoms with Gasteiger partial charge in [-0.2, -0.15) is 0 Å². The normalized spacial score (nSPS) is 18.0. The van der Waals surface area contributed by atoms with Crippen LogP contribution in [-0.2, 0) is 7.05 Å². The second kappa shape index (κ2) is 10.7. The molecule has 0 saturated carbocycles. The Morgan fingerprint density at radius 1 is 1.05 bits per heavy atom. The van der Waals surface area contributed by atoms with Gasteiger partial charge in [-0.1, -0.05) is 30.3 Å². The first kappa shape index (κ1) is 25.9. The Hall–Kier alpha value is -5.06. The number of rotatable bonds is 6. The van der Waals surface area contributed by atoms with Crippen LogP contribution in [0.4, 0.5) is 0 Å². The molecule has 0 bridgehead atoms. The molecule has 2 aromatic carbocycles. The molecule has 0 spiro atoms. The van der Waals surface area contributed by atoms with Gasteiger partial charge in [0.25, 0.3) is 12.1 Å². The van der Waals surface area contributed by atoms with Crippen molar-refractivity contribution < 1.29 is 14.0 Å². The molecule has 0 radical (unpaired) electrons. The standard InChI is InChI=1S/C31H30N9O2/c1-20-35-37-40(36-20)29(21-6-4-3-5-7-21)22-11-14-39(15-12-22)31(41)26-17-24(10-13-33-26)30-34-25-16-23(8-9-28(25)42-30)27-18-32-19-38(27)2/h3-10,13,16-20,22,29H,11-12,14-15H2,1-2H3/q+1. The Morgan fingerprint density at radius 2 is 1.88 bits per heavy atom. The molecule has 5 aromatic rings. The molecule has 2 unspecified atom stereocenters. The maximum absolute atomic E-state index is 13.6. The van der Waals surface area contributed by atoms with E-state index in [0.717, 1.165) is 35.2 Å². The van der Waals surface area contributed by atoms with Crippen LogP contribution in [0.15, 0.2) is 99.3 Å². The molecule has 0 aliphatic carbocycles. The van der Waals surface area contributed by atoms with Crippen molar-refractivity contribution in [3.8, 4) is 22.7 Å². The number of aryl methyl sites for hydroxylation is 1. The SMILES string of the molecule is CC1N=N[N+](C(c2ccccc2)C2CCN(C(=O)c3cc(-c4nc5cc(-c6cncn6C)ccc5o4)ccn3)CC2)=N1. The van der Waals surface area contributed by atoms with E-state index in [1.54, 1.807) is 23.4 Å². The van der Waals surface area contributed by atoms with E-state index in [1.165, 1.54) is 0 Å². The molecular weight excluding hydrogens is 530 g/mol. The Morgan fingerprint density at radius 3 is 2.62 bits per heavy atom. The first-order valence-electron chi connectivity index (χ1n) is 14.1. The fourth-order valence-corrected chi connectivity index (χ4v) is 5.82. The van der Waals surface area contributed by atoms with Crippen LogP contribution in [0.1, 0.15) is 41.9 Å². The zero-order chi connectivity index (χ0) is 28.6. The lowest BCUT2D eigenvalue weighted by atomic mass is 9.85. The first-order chi connectivity index (χ1) is 20.5. The highest BCUT2D eigenvalue weighted by Gasteiger charge is 2.38. The lowest BCUT2D eigenvalue weighted by Gasteiger charge is -2.34. The van der Waals surface area contributed by atoms with Gasteiger partial charge in [0, 0.05) is 55.9 Å². The van der Waals surface area contributed by atoms with Gasteiger partial charge in [-0.3, -0.25) is 9.78 Å². The lowest BCUT2D eigenvalue weighted by molar-refractivity contribution is -0.647. The summed E-state index contributed by atoms with van der Waals surface area (Å²) >= 11 is 0. The van der Waals surface area contributed by atoms with Crippen molar-refractivity contribution in [1.29, 1.82) is 0 Å². The van der Waals surface area contributed by atoms with Crippen LogP contribution in [0.25, 0.3) is 33.8 Å². The maximum atomic E-state index is 13.6. The quantitative estimate of drug-likeness (QED) is 0.234. The van der Waals surface area contributed by atoms with E-state index >= 15 is 0 Å². The number of hydrogen-bond donors (Lipinski definition) is 0. The van der Waals surface area contributed by atoms with Gasteiger partial charge in [-0.05, 0) is 53.1 Å². The van der Waals surface area contributed by atoms with E-state index in [-0.39, 0.29) is 24.0 Å². The number of aromatic nitrogens is 4. The number of hydrogen-bond acceptors (Lipinski definition) is 8. The number of likely N-dealkylation sites (tertiary alicyclic amines) is 1. The highest BCUT2D eigenvalue weighted by molar-refractivity contribution is 5.93. The number of benzene rings is 2. The molecule has 0 N–H and O–H groups in total. The zero-order valence-electron chi connectivity index (χ0n) is 23.4. The number of carbonyl (C=O) groups excluding carboxylic acids is 1. The van der Waals surface area contributed by atoms with Gasteiger partial charge in [0.2, 0.25) is 5.89 Å². The van der Waals surface area contributed by atoms with Gasteiger partial charge in [-0.25, -0.2) is 9.97 Å². The summed E-state index contributed by atoms with van der Waals surface area (Å²) in [6, 6.07) is 19.7. The van der Waals surface area contributed by atoms with Gasteiger partial charge in [0.05, 0.1) is 23.3 Å². The molecule has 1 amide bonds. The topological polar surface area (TPSA) is 117 Å². The number of nitrogens with zero attached hydrogens (tertiary/aromatic N) is 9. The predicted octanol–water partition coefficient (Wildman–Crippen LogP) is 6.08. The first-order valence-corrected chi connectivity index (χ1v) is 14.1. The summed E-state index contributed by atoms with van der Waals surface area (Å²) in [4.78, 5) is 30.5. The van der Waals surface area contributed by atoms with Gasteiger partial charge in [-0.15, -0.1) is 0 Å². The highest BCUT2D eigenvalue weighted by Crippen LogP contribution is 2.36.